The van der Waals surface area contributed by atoms with Gasteiger partial charge in [-0.1, -0.05) is 6.07 Å². The number of fused-ring (bicyclic) bond motifs is 1. The summed E-state index contributed by atoms with van der Waals surface area (Å²) in [6.45, 7) is 1.68. The first-order valence-electron chi connectivity index (χ1n) is 10.4. The van der Waals surface area contributed by atoms with E-state index in [9.17, 15) is 23.6 Å². The number of nitrogens with zero attached hydrogens (tertiary/aromatic N) is 1. The SMILES string of the molecule is O=C1CCC(N2C(=O)c3cccc(NCCOCCOCCOCCF)c3C2=O)C(=O)N1. The molecule has 2 N–H and O–H groups in total. The molecule has 4 amide bonds. The minimum absolute atomic E-state index is 0.0636. The summed E-state index contributed by atoms with van der Waals surface area (Å²) in [5, 5.41) is 5.26. The first kappa shape index (κ1) is 23.8. The molecule has 0 bridgehead atoms. The second-order valence-corrected chi connectivity index (χ2v) is 7.13. The van der Waals surface area contributed by atoms with Crippen molar-refractivity contribution in [3.8, 4) is 0 Å². The fraction of sp³-hybridized carbons (Fsp3) is 0.524. The number of anilines is 1. The molecule has 3 rings (SSSR count). The van der Waals surface area contributed by atoms with Gasteiger partial charge in [0.05, 0.1) is 50.8 Å². The highest BCUT2D eigenvalue weighted by molar-refractivity contribution is 6.25. The molecule has 0 radical (unpaired) electrons. The third kappa shape index (κ3) is 5.67. The summed E-state index contributed by atoms with van der Waals surface area (Å²) in [6, 6.07) is 3.87. The van der Waals surface area contributed by atoms with Gasteiger partial charge >= 0.3 is 0 Å². The maximum Gasteiger partial charge on any atom is 0.264 e. The maximum atomic E-state index is 13.0. The number of halogens is 1. The van der Waals surface area contributed by atoms with Gasteiger partial charge in [0.2, 0.25) is 11.8 Å². The van der Waals surface area contributed by atoms with E-state index < -0.39 is 36.3 Å². The lowest BCUT2D eigenvalue weighted by Gasteiger charge is -2.27. The Balaban J connectivity index is 1.47. The highest BCUT2D eigenvalue weighted by atomic mass is 19.1. The number of rotatable bonds is 13. The van der Waals surface area contributed by atoms with E-state index in [1.807, 2.05) is 0 Å². The van der Waals surface area contributed by atoms with Crippen LogP contribution in [0.2, 0.25) is 0 Å². The van der Waals surface area contributed by atoms with Crippen LogP contribution in [-0.4, -0.2) is 87.4 Å². The number of carbonyl (C=O) groups is 4. The van der Waals surface area contributed by atoms with Crippen molar-refractivity contribution in [3.05, 3.63) is 29.3 Å². The molecule has 0 spiro atoms. The molecule has 0 aromatic heterocycles. The zero-order valence-electron chi connectivity index (χ0n) is 17.6. The van der Waals surface area contributed by atoms with Gasteiger partial charge in [-0.3, -0.25) is 29.4 Å². The number of amides is 4. The largest absolute Gasteiger partial charge is 0.382 e. The molecule has 1 atom stereocenters. The van der Waals surface area contributed by atoms with Crippen LogP contribution >= 0.6 is 0 Å². The van der Waals surface area contributed by atoms with E-state index >= 15 is 0 Å². The van der Waals surface area contributed by atoms with E-state index in [2.05, 4.69) is 10.6 Å². The van der Waals surface area contributed by atoms with E-state index in [4.69, 9.17) is 14.2 Å². The highest BCUT2D eigenvalue weighted by Gasteiger charge is 2.45. The van der Waals surface area contributed by atoms with Gasteiger partial charge in [-0.25, -0.2) is 4.39 Å². The summed E-state index contributed by atoms with van der Waals surface area (Å²) in [6.07, 6.45) is 0.178. The lowest BCUT2D eigenvalue weighted by Crippen LogP contribution is -2.54. The number of ether oxygens (including phenoxy) is 3. The molecule has 11 heteroatoms. The molecule has 2 aliphatic heterocycles. The molecule has 174 valence electrons. The third-order valence-corrected chi connectivity index (χ3v) is 5.00. The second kappa shape index (κ2) is 11.7. The number of benzene rings is 1. The van der Waals surface area contributed by atoms with Crippen molar-refractivity contribution in [2.75, 3.05) is 58.2 Å². The quantitative estimate of drug-likeness (QED) is 0.329. The molecule has 1 aromatic rings. The van der Waals surface area contributed by atoms with Crippen molar-refractivity contribution in [2.24, 2.45) is 0 Å². The summed E-state index contributed by atoms with van der Waals surface area (Å²) in [4.78, 5) is 50.2. The minimum Gasteiger partial charge on any atom is -0.382 e. The highest BCUT2D eigenvalue weighted by Crippen LogP contribution is 2.32. The van der Waals surface area contributed by atoms with E-state index in [0.717, 1.165) is 4.90 Å². The van der Waals surface area contributed by atoms with Gasteiger partial charge in [0.25, 0.3) is 11.8 Å². The Hall–Kier alpha value is -2.89. The Morgan fingerprint density at radius 2 is 1.66 bits per heavy atom. The van der Waals surface area contributed by atoms with Gasteiger partial charge in [0.15, 0.2) is 0 Å². The Labute approximate surface area is 184 Å². The Bertz CT molecular complexity index is 864. The molecule has 1 fully saturated rings. The molecule has 0 saturated carbocycles. The molecule has 1 saturated heterocycles. The first-order valence-corrected chi connectivity index (χ1v) is 10.4. The molecule has 0 aliphatic carbocycles. The average molecular weight is 451 g/mol. The summed E-state index contributed by atoms with van der Waals surface area (Å²) in [5.74, 6) is -2.17. The van der Waals surface area contributed by atoms with E-state index in [-0.39, 0.29) is 30.6 Å². The Kier molecular flexibility index (Phi) is 8.65. The number of alkyl halides is 1. The minimum atomic E-state index is -1.00. The summed E-state index contributed by atoms with van der Waals surface area (Å²) in [7, 11) is 0. The fourth-order valence-electron chi connectivity index (χ4n) is 3.52. The molecule has 32 heavy (non-hydrogen) atoms. The van der Waals surface area contributed by atoms with Crippen molar-refractivity contribution in [1.29, 1.82) is 0 Å². The molecule has 10 nitrogen and oxygen atoms in total. The lowest BCUT2D eigenvalue weighted by molar-refractivity contribution is -0.136. The van der Waals surface area contributed by atoms with E-state index in [0.29, 0.717) is 45.3 Å². The molecular formula is C21H26FN3O7. The number of piperidine rings is 1. The van der Waals surface area contributed by atoms with Crippen molar-refractivity contribution in [3.63, 3.8) is 0 Å². The smallest absolute Gasteiger partial charge is 0.264 e. The van der Waals surface area contributed by atoms with Crippen LogP contribution in [0.1, 0.15) is 33.6 Å². The van der Waals surface area contributed by atoms with Crippen molar-refractivity contribution in [2.45, 2.75) is 18.9 Å². The average Bonchev–Trinajstić information content (AvgIpc) is 3.03. The normalized spacial score (nSPS) is 18.2. The van der Waals surface area contributed by atoms with Crippen LogP contribution < -0.4 is 10.6 Å². The number of nitrogens with one attached hydrogen (secondary N) is 2. The standard InChI is InChI=1S/C21H26FN3O7/c22-6-8-30-10-12-32-13-11-31-9-7-23-15-3-1-2-14-18(15)21(29)25(20(14)28)16-4-5-17(26)24-19(16)27/h1-3,16,23H,4-13H2,(H,24,26,27). The van der Waals surface area contributed by atoms with Gasteiger partial charge in [-0.2, -0.15) is 0 Å². The summed E-state index contributed by atoms with van der Waals surface area (Å²) >= 11 is 0. The third-order valence-electron chi connectivity index (χ3n) is 5.00. The van der Waals surface area contributed by atoms with E-state index in [1.165, 1.54) is 6.07 Å². The number of hydrogen-bond donors (Lipinski definition) is 2. The monoisotopic (exact) mass is 451 g/mol. The van der Waals surface area contributed by atoms with Crippen molar-refractivity contribution >= 4 is 29.3 Å². The van der Waals surface area contributed by atoms with Gasteiger partial charge in [0.1, 0.15) is 12.7 Å². The predicted octanol–water partition coefficient (Wildman–Crippen LogP) is 0.519. The van der Waals surface area contributed by atoms with Crippen molar-refractivity contribution < 1.29 is 37.8 Å². The topological polar surface area (TPSA) is 123 Å². The summed E-state index contributed by atoms with van der Waals surface area (Å²) in [5.41, 5.74) is 0.897. The van der Waals surface area contributed by atoms with Gasteiger partial charge < -0.3 is 19.5 Å². The Morgan fingerprint density at radius 1 is 0.969 bits per heavy atom. The van der Waals surface area contributed by atoms with Gasteiger partial charge in [-0.05, 0) is 18.6 Å². The zero-order chi connectivity index (χ0) is 22.9. The summed E-state index contributed by atoms with van der Waals surface area (Å²) < 4.78 is 27.5. The molecule has 2 heterocycles. The Morgan fingerprint density at radius 3 is 2.34 bits per heavy atom. The van der Waals surface area contributed by atoms with Crippen LogP contribution in [-0.2, 0) is 23.8 Å². The molecule has 2 aliphatic rings. The van der Waals surface area contributed by atoms with Gasteiger partial charge in [-0.15, -0.1) is 0 Å². The molecule has 1 aromatic carbocycles. The van der Waals surface area contributed by atoms with E-state index in [1.54, 1.807) is 12.1 Å². The number of imide groups is 2. The molecule has 1 unspecified atom stereocenters. The fourth-order valence-corrected chi connectivity index (χ4v) is 3.52. The number of carbonyl (C=O) groups excluding carboxylic acids is 4. The van der Waals surface area contributed by atoms with Gasteiger partial charge in [0, 0.05) is 18.7 Å². The van der Waals surface area contributed by atoms with Crippen LogP contribution in [0.3, 0.4) is 0 Å². The van der Waals surface area contributed by atoms with Crippen LogP contribution in [0.5, 0.6) is 0 Å². The first-order chi connectivity index (χ1) is 15.5. The van der Waals surface area contributed by atoms with Crippen molar-refractivity contribution in [1.82, 2.24) is 10.2 Å². The van der Waals surface area contributed by atoms with Crippen LogP contribution in [0, 0.1) is 0 Å². The van der Waals surface area contributed by atoms with Crippen LogP contribution in [0.25, 0.3) is 0 Å². The maximum absolute atomic E-state index is 13.0. The van der Waals surface area contributed by atoms with Crippen LogP contribution in [0.15, 0.2) is 18.2 Å². The molecular weight excluding hydrogens is 425 g/mol. The predicted molar refractivity (Wildman–Crippen MR) is 110 cm³/mol. The number of hydrogen-bond acceptors (Lipinski definition) is 8. The zero-order valence-corrected chi connectivity index (χ0v) is 17.6. The van der Waals surface area contributed by atoms with Crippen LogP contribution in [0.4, 0.5) is 10.1 Å². The lowest BCUT2D eigenvalue weighted by atomic mass is 10.0. The second-order valence-electron chi connectivity index (χ2n) is 7.13.